The van der Waals surface area contributed by atoms with Crippen molar-refractivity contribution in [1.29, 1.82) is 5.41 Å². The Balaban J connectivity index is 1.85. The Hall–Kier alpha value is -0.900. The Morgan fingerprint density at radius 1 is 1.64 bits per heavy atom. The van der Waals surface area contributed by atoms with E-state index in [2.05, 4.69) is 15.3 Å². The van der Waals surface area contributed by atoms with Crippen LogP contribution in [0.3, 0.4) is 0 Å². The maximum Gasteiger partial charge on any atom is 0.0958 e. The van der Waals surface area contributed by atoms with Crippen LogP contribution in [0.4, 0.5) is 0 Å². The third-order valence-electron chi connectivity index (χ3n) is 2.53. The minimum absolute atomic E-state index is 0.803. The van der Waals surface area contributed by atoms with E-state index in [4.69, 9.17) is 5.41 Å². The highest BCUT2D eigenvalue weighted by molar-refractivity contribution is 7.09. The summed E-state index contributed by atoms with van der Waals surface area (Å²) in [6.45, 7) is 4.05. The van der Waals surface area contributed by atoms with Crippen LogP contribution in [0, 0.1) is 12.3 Å². The molecule has 0 atom stereocenters. The van der Waals surface area contributed by atoms with Gasteiger partial charge in [-0.3, -0.25) is 5.41 Å². The molecule has 0 saturated carbocycles. The molecule has 1 N–H and O–H groups in total. The van der Waals surface area contributed by atoms with Gasteiger partial charge in [-0.25, -0.2) is 4.98 Å². The van der Waals surface area contributed by atoms with Crippen LogP contribution < -0.4 is 0 Å². The summed E-state index contributed by atoms with van der Waals surface area (Å²) in [5.41, 5.74) is 1.17. The molecule has 1 saturated heterocycles. The van der Waals surface area contributed by atoms with Crippen molar-refractivity contribution in [2.75, 3.05) is 13.1 Å². The number of nitrogens with zero attached hydrogens (tertiary/aromatic N) is 2. The van der Waals surface area contributed by atoms with E-state index < -0.39 is 0 Å². The van der Waals surface area contributed by atoms with E-state index in [0.717, 1.165) is 43.2 Å². The first-order chi connectivity index (χ1) is 6.75. The van der Waals surface area contributed by atoms with Gasteiger partial charge < -0.3 is 4.90 Å². The number of nitrogens with one attached hydrogen (secondary N) is 1. The van der Waals surface area contributed by atoms with E-state index in [9.17, 15) is 0 Å². The molecular weight excluding hydrogens is 194 g/mol. The fourth-order valence-electron chi connectivity index (χ4n) is 1.75. The first kappa shape index (κ1) is 9.65. The Morgan fingerprint density at radius 2 is 2.50 bits per heavy atom. The molecule has 0 amide bonds. The number of aromatic nitrogens is 1. The fraction of sp³-hybridized carbons (Fsp3) is 0.600. The Bertz CT molecular complexity index is 332. The van der Waals surface area contributed by atoms with Crippen LogP contribution in [-0.4, -0.2) is 28.8 Å². The normalized spacial score (nSPS) is 16.6. The second-order valence-electron chi connectivity index (χ2n) is 3.65. The molecule has 1 aromatic rings. The Morgan fingerprint density at radius 3 is 3.07 bits per heavy atom. The topological polar surface area (TPSA) is 40.0 Å². The van der Waals surface area contributed by atoms with Gasteiger partial charge in [-0.05, 0) is 13.3 Å². The van der Waals surface area contributed by atoms with Crippen molar-refractivity contribution in [1.82, 2.24) is 9.88 Å². The Labute approximate surface area is 88.3 Å². The molecule has 0 radical (unpaired) electrons. The van der Waals surface area contributed by atoms with Gasteiger partial charge in [0.15, 0.2) is 0 Å². The monoisotopic (exact) mass is 209 g/mol. The average molecular weight is 209 g/mol. The lowest BCUT2D eigenvalue weighted by Gasteiger charge is -2.16. The van der Waals surface area contributed by atoms with Crippen LogP contribution in [0.15, 0.2) is 5.38 Å². The molecule has 0 aliphatic carbocycles. The zero-order chi connectivity index (χ0) is 9.97. The summed E-state index contributed by atoms with van der Waals surface area (Å²) in [5, 5.41) is 10.9. The van der Waals surface area contributed by atoms with Crippen LogP contribution in [0.1, 0.15) is 23.5 Å². The summed E-state index contributed by atoms with van der Waals surface area (Å²) in [6.07, 6.45) is 3.08. The van der Waals surface area contributed by atoms with E-state index >= 15 is 0 Å². The zero-order valence-corrected chi connectivity index (χ0v) is 9.23. The second-order valence-corrected chi connectivity index (χ2v) is 4.71. The lowest BCUT2D eigenvalue weighted by Crippen LogP contribution is -2.26. The van der Waals surface area contributed by atoms with E-state index in [1.807, 2.05) is 6.92 Å². The van der Waals surface area contributed by atoms with Gasteiger partial charge in [-0.2, -0.15) is 0 Å². The second kappa shape index (κ2) is 4.09. The van der Waals surface area contributed by atoms with Crippen LogP contribution >= 0.6 is 11.3 Å². The van der Waals surface area contributed by atoms with Crippen LogP contribution in [0.25, 0.3) is 0 Å². The summed E-state index contributed by atoms with van der Waals surface area (Å²) in [6, 6.07) is 0. The number of amidine groups is 1. The summed E-state index contributed by atoms with van der Waals surface area (Å²) in [7, 11) is 0. The summed E-state index contributed by atoms with van der Waals surface area (Å²) in [5.74, 6) is 0.803. The summed E-state index contributed by atoms with van der Waals surface area (Å²) in [4.78, 5) is 6.58. The van der Waals surface area contributed by atoms with Crippen molar-refractivity contribution in [3.63, 3.8) is 0 Å². The number of rotatable bonds is 3. The third kappa shape index (κ3) is 2.12. The molecule has 1 fully saturated rings. The van der Waals surface area contributed by atoms with Gasteiger partial charge >= 0.3 is 0 Å². The van der Waals surface area contributed by atoms with Crippen molar-refractivity contribution in [3.8, 4) is 0 Å². The SMILES string of the molecule is Cc1nc(CCN2CCCC2=N)cs1. The van der Waals surface area contributed by atoms with Gasteiger partial charge in [0.05, 0.1) is 16.5 Å². The van der Waals surface area contributed by atoms with Crippen LogP contribution in [0.2, 0.25) is 0 Å². The molecule has 14 heavy (non-hydrogen) atoms. The maximum atomic E-state index is 7.69. The third-order valence-corrected chi connectivity index (χ3v) is 3.35. The van der Waals surface area contributed by atoms with Gasteiger partial charge in [0, 0.05) is 31.3 Å². The average Bonchev–Trinajstić information content (AvgIpc) is 2.72. The van der Waals surface area contributed by atoms with Gasteiger partial charge in [0.25, 0.3) is 0 Å². The van der Waals surface area contributed by atoms with Crippen molar-refractivity contribution in [2.24, 2.45) is 0 Å². The maximum absolute atomic E-state index is 7.69. The molecule has 0 bridgehead atoms. The molecule has 2 rings (SSSR count). The van der Waals surface area contributed by atoms with Gasteiger partial charge in [0.2, 0.25) is 0 Å². The number of hydrogen-bond acceptors (Lipinski definition) is 3. The number of likely N-dealkylation sites (tertiary alicyclic amines) is 1. The smallest absolute Gasteiger partial charge is 0.0958 e. The molecule has 1 aromatic heterocycles. The highest BCUT2D eigenvalue weighted by Crippen LogP contribution is 2.13. The minimum Gasteiger partial charge on any atom is -0.360 e. The van der Waals surface area contributed by atoms with E-state index in [-0.39, 0.29) is 0 Å². The first-order valence-corrected chi connectivity index (χ1v) is 5.87. The molecule has 0 aromatic carbocycles. The largest absolute Gasteiger partial charge is 0.360 e. The summed E-state index contributed by atoms with van der Waals surface area (Å²) >= 11 is 1.70. The minimum atomic E-state index is 0.803. The number of thiazole rings is 1. The molecule has 4 heteroatoms. The molecule has 76 valence electrons. The zero-order valence-electron chi connectivity index (χ0n) is 8.42. The quantitative estimate of drug-likeness (QED) is 0.827. The van der Waals surface area contributed by atoms with Crippen molar-refractivity contribution < 1.29 is 0 Å². The van der Waals surface area contributed by atoms with Crippen molar-refractivity contribution in [2.45, 2.75) is 26.2 Å². The first-order valence-electron chi connectivity index (χ1n) is 4.99. The highest BCUT2D eigenvalue weighted by atomic mass is 32.1. The van der Waals surface area contributed by atoms with E-state index in [1.54, 1.807) is 11.3 Å². The molecule has 1 aliphatic rings. The molecule has 0 spiro atoms. The number of hydrogen-bond donors (Lipinski definition) is 1. The van der Waals surface area contributed by atoms with Gasteiger partial charge in [-0.1, -0.05) is 0 Å². The van der Waals surface area contributed by atoms with Gasteiger partial charge in [0.1, 0.15) is 0 Å². The van der Waals surface area contributed by atoms with E-state index in [1.165, 1.54) is 5.69 Å². The predicted octanol–water partition coefficient (Wildman–Crippen LogP) is 2.07. The van der Waals surface area contributed by atoms with Crippen molar-refractivity contribution >= 4 is 17.2 Å². The molecule has 3 nitrogen and oxygen atoms in total. The molecule has 1 aliphatic heterocycles. The van der Waals surface area contributed by atoms with Crippen LogP contribution in [-0.2, 0) is 6.42 Å². The molecule has 0 unspecified atom stereocenters. The van der Waals surface area contributed by atoms with Gasteiger partial charge in [-0.15, -0.1) is 11.3 Å². The molecular formula is C10H15N3S. The van der Waals surface area contributed by atoms with Crippen molar-refractivity contribution in [3.05, 3.63) is 16.1 Å². The predicted molar refractivity (Wildman–Crippen MR) is 59.1 cm³/mol. The Kier molecular flexibility index (Phi) is 2.82. The highest BCUT2D eigenvalue weighted by Gasteiger charge is 2.16. The standard InChI is InChI=1S/C10H15N3S/c1-8-12-9(7-14-8)4-6-13-5-2-3-10(13)11/h7,11H,2-6H2,1H3. The summed E-state index contributed by atoms with van der Waals surface area (Å²) < 4.78 is 0. The fourth-order valence-corrected chi connectivity index (χ4v) is 2.40. The number of aryl methyl sites for hydroxylation is 1. The molecule has 2 heterocycles. The van der Waals surface area contributed by atoms with E-state index in [0.29, 0.717) is 0 Å². The van der Waals surface area contributed by atoms with Crippen LogP contribution in [0.5, 0.6) is 0 Å². The lowest BCUT2D eigenvalue weighted by atomic mass is 10.3. The lowest BCUT2D eigenvalue weighted by molar-refractivity contribution is 0.453.